The fourth-order valence-electron chi connectivity index (χ4n) is 3.04. The molecule has 0 aromatic rings. The number of hydrogen-bond donors (Lipinski definition) is 0. The van der Waals surface area contributed by atoms with Gasteiger partial charge in [0.25, 0.3) is 0 Å². The van der Waals surface area contributed by atoms with E-state index in [1.54, 1.807) is 14.2 Å². The van der Waals surface area contributed by atoms with Crippen molar-refractivity contribution in [3.05, 3.63) is 0 Å². The molecule has 0 fully saturated rings. The van der Waals surface area contributed by atoms with Crippen LogP contribution in [0.25, 0.3) is 0 Å². The minimum Gasteiger partial charge on any atom is -0.469 e. The van der Waals surface area contributed by atoms with Crippen molar-refractivity contribution in [3.63, 3.8) is 0 Å². The number of unbranched alkanes of at least 4 members (excludes halogenated alkanes) is 8. The van der Waals surface area contributed by atoms with Gasteiger partial charge in [-0.2, -0.15) is 0 Å². The molecule has 0 aromatic heterocycles. The van der Waals surface area contributed by atoms with E-state index in [-0.39, 0.29) is 17.7 Å². The van der Waals surface area contributed by atoms with Crippen molar-refractivity contribution in [2.75, 3.05) is 21.3 Å². The molecule has 0 N–H and O–H groups in total. The number of carbonyl (C=O) groups is 1. The van der Waals surface area contributed by atoms with Gasteiger partial charge in [0.1, 0.15) is 0 Å². The second-order valence-corrected chi connectivity index (χ2v) is 7.05. The summed E-state index contributed by atoms with van der Waals surface area (Å²) in [5.74, 6) is -0.0860. The van der Waals surface area contributed by atoms with Crippen molar-refractivity contribution in [3.8, 4) is 0 Å². The molecule has 0 rings (SSSR count). The maximum absolute atomic E-state index is 11.0. The molecule has 0 atom stereocenters. The van der Waals surface area contributed by atoms with E-state index in [1.807, 2.05) is 0 Å². The third-order valence-electron chi connectivity index (χ3n) is 4.50. The highest BCUT2D eigenvalue weighted by molar-refractivity contribution is 5.68. The van der Waals surface area contributed by atoms with Gasteiger partial charge >= 0.3 is 5.97 Å². The summed E-state index contributed by atoms with van der Waals surface area (Å²) in [5.41, 5.74) is 0.0726. The zero-order valence-corrected chi connectivity index (χ0v) is 16.0. The van der Waals surface area contributed by atoms with Gasteiger partial charge in [-0.1, -0.05) is 65.2 Å². The van der Waals surface area contributed by atoms with Gasteiger partial charge in [0.15, 0.2) is 6.29 Å². The van der Waals surface area contributed by atoms with Crippen LogP contribution < -0.4 is 0 Å². The Hall–Kier alpha value is -0.610. The lowest BCUT2D eigenvalue weighted by molar-refractivity contribution is -0.169. The molecule has 4 heteroatoms. The Labute approximate surface area is 143 Å². The van der Waals surface area contributed by atoms with Crippen LogP contribution >= 0.6 is 0 Å². The van der Waals surface area contributed by atoms with Gasteiger partial charge in [0, 0.05) is 26.1 Å². The normalized spacial score (nSPS) is 11.9. The first kappa shape index (κ1) is 22.4. The van der Waals surface area contributed by atoms with Crippen LogP contribution in [0.5, 0.6) is 0 Å². The molecule has 0 aliphatic rings. The lowest BCUT2D eigenvalue weighted by Gasteiger charge is -2.32. The largest absolute Gasteiger partial charge is 0.469 e. The van der Waals surface area contributed by atoms with E-state index >= 15 is 0 Å². The van der Waals surface area contributed by atoms with E-state index in [1.165, 1.54) is 52.1 Å². The molecule has 0 spiro atoms. The van der Waals surface area contributed by atoms with Crippen molar-refractivity contribution < 1.29 is 19.0 Å². The number of methoxy groups -OCH3 is 3. The number of rotatable bonds is 15. The average molecular weight is 331 g/mol. The fraction of sp³-hybridized carbons (Fsp3) is 0.947. The molecule has 0 saturated heterocycles. The molecule has 0 aromatic carbocycles. The van der Waals surface area contributed by atoms with Crippen LogP contribution in [-0.4, -0.2) is 33.6 Å². The lowest BCUT2D eigenvalue weighted by Crippen LogP contribution is -2.32. The number of hydrogen-bond acceptors (Lipinski definition) is 4. The van der Waals surface area contributed by atoms with Crippen molar-refractivity contribution in [1.82, 2.24) is 0 Å². The topological polar surface area (TPSA) is 44.8 Å². The summed E-state index contributed by atoms with van der Waals surface area (Å²) >= 11 is 0. The molecule has 4 nitrogen and oxygen atoms in total. The van der Waals surface area contributed by atoms with E-state index in [9.17, 15) is 4.79 Å². The fourth-order valence-corrected chi connectivity index (χ4v) is 3.04. The van der Waals surface area contributed by atoms with Gasteiger partial charge in [-0.05, 0) is 12.8 Å². The maximum atomic E-state index is 11.0. The van der Waals surface area contributed by atoms with Crippen molar-refractivity contribution in [2.24, 2.45) is 5.41 Å². The average Bonchev–Trinajstić information content (AvgIpc) is 2.53. The smallest absolute Gasteiger partial charge is 0.305 e. The van der Waals surface area contributed by atoms with Crippen LogP contribution in [0.3, 0.4) is 0 Å². The highest BCUT2D eigenvalue weighted by atomic mass is 16.7. The SMILES string of the molecule is COC(=O)CCCCCCCCCCCC(C)(C)C(OC)OC. The second-order valence-electron chi connectivity index (χ2n) is 7.05. The van der Waals surface area contributed by atoms with Crippen molar-refractivity contribution >= 4 is 5.97 Å². The maximum Gasteiger partial charge on any atom is 0.305 e. The summed E-state index contributed by atoms with van der Waals surface area (Å²) in [5, 5.41) is 0. The van der Waals surface area contributed by atoms with Gasteiger partial charge in [0.2, 0.25) is 0 Å². The Bertz CT molecular complexity index is 285. The van der Waals surface area contributed by atoms with E-state index in [0.717, 1.165) is 19.3 Å². The van der Waals surface area contributed by atoms with Crippen LogP contribution in [0.2, 0.25) is 0 Å². The van der Waals surface area contributed by atoms with E-state index < -0.39 is 0 Å². The van der Waals surface area contributed by atoms with Gasteiger partial charge in [-0.3, -0.25) is 4.79 Å². The van der Waals surface area contributed by atoms with Crippen LogP contribution in [0.1, 0.15) is 84.5 Å². The predicted molar refractivity (Wildman–Crippen MR) is 94.4 cm³/mol. The molecule has 0 heterocycles. The van der Waals surface area contributed by atoms with Crippen molar-refractivity contribution in [2.45, 2.75) is 90.8 Å². The molecule has 0 amide bonds. The number of ether oxygens (including phenoxy) is 3. The first-order chi connectivity index (χ1) is 11.0. The Morgan fingerprint density at radius 1 is 0.783 bits per heavy atom. The molecular weight excluding hydrogens is 292 g/mol. The highest BCUT2D eigenvalue weighted by Crippen LogP contribution is 2.30. The zero-order chi connectivity index (χ0) is 17.6. The molecule has 23 heavy (non-hydrogen) atoms. The molecule has 0 aliphatic heterocycles. The van der Waals surface area contributed by atoms with E-state index in [0.29, 0.717) is 6.42 Å². The van der Waals surface area contributed by atoms with E-state index in [2.05, 4.69) is 18.6 Å². The summed E-state index contributed by atoms with van der Waals surface area (Å²) in [6, 6.07) is 0. The first-order valence-corrected chi connectivity index (χ1v) is 9.10. The van der Waals surface area contributed by atoms with Crippen LogP contribution in [0.4, 0.5) is 0 Å². The zero-order valence-electron chi connectivity index (χ0n) is 16.0. The Morgan fingerprint density at radius 2 is 1.22 bits per heavy atom. The van der Waals surface area contributed by atoms with Gasteiger partial charge < -0.3 is 14.2 Å². The summed E-state index contributed by atoms with van der Waals surface area (Å²) in [7, 11) is 4.87. The molecule has 138 valence electrons. The minimum absolute atomic E-state index is 0.0726. The number of esters is 1. The Kier molecular flexibility index (Phi) is 13.4. The summed E-state index contributed by atoms with van der Waals surface area (Å²) in [6.45, 7) is 4.41. The minimum atomic E-state index is -0.118. The standard InChI is InChI=1S/C19H38O4/c1-19(2,18(22-4)23-5)16-14-12-10-8-6-7-9-11-13-15-17(20)21-3/h18H,6-16H2,1-5H3. The third-order valence-corrected chi connectivity index (χ3v) is 4.50. The summed E-state index contributed by atoms with van der Waals surface area (Å²) < 4.78 is 15.4. The summed E-state index contributed by atoms with van der Waals surface area (Å²) in [6.07, 6.45) is 12.6. The van der Waals surface area contributed by atoms with Crippen LogP contribution in [-0.2, 0) is 19.0 Å². The molecule has 0 aliphatic carbocycles. The molecule has 0 radical (unpaired) electrons. The Balaban J connectivity index is 3.41. The lowest BCUT2D eigenvalue weighted by atomic mass is 9.86. The monoisotopic (exact) mass is 330 g/mol. The Morgan fingerprint density at radius 3 is 1.65 bits per heavy atom. The van der Waals surface area contributed by atoms with Crippen LogP contribution in [0.15, 0.2) is 0 Å². The highest BCUT2D eigenvalue weighted by Gasteiger charge is 2.28. The van der Waals surface area contributed by atoms with Gasteiger partial charge in [-0.15, -0.1) is 0 Å². The molecular formula is C19H38O4. The molecule has 0 bridgehead atoms. The summed E-state index contributed by atoms with van der Waals surface area (Å²) in [4.78, 5) is 11.0. The number of carbonyl (C=O) groups excluding carboxylic acids is 1. The predicted octanol–water partition coefficient (Wildman–Crippen LogP) is 5.10. The van der Waals surface area contributed by atoms with E-state index in [4.69, 9.17) is 9.47 Å². The third kappa shape index (κ3) is 11.5. The quantitative estimate of drug-likeness (QED) is 0.238. The van der Waals surface area contributed by atoms with Gasteiger partial charge in [-0.25, -0.2) is 0 Å². The molecule has 0 saturated carbocycles. The second kappa shape index (κ2) is 13.8. The van der Waals surface area contributed by atoms with Crippen LogP contribution in [0, 0.1) is 5.41 Å². The molecule has 0 unspecified atom stereocenters. The van der Waals surface area contributed by atoms with Crippen molar-refractivity contribution in [1.29, 1.82) is 0 Å². The van der Waals surface area contributed by atoms with Gasteiger partial charge in [0.05, 0.1) is 7.11 Å². The first-order valence-electron chi connectivity index (χ1n) is 9.10.